The summed E-state index contributed by atoms with van der Waals surface area (Å²) in [5.41, 5.74) is 2.06. The van der Waals surface area contributed by atoms with Crippen LogP contribution in [-0.2, 0) is 4.79 Å². The fourth-order valence-electron chi connectivity index (χ4n) is 2.88. The van der Waals surface area contributed by atoms with Gasteiger partial charge in [-0.1, -0.05) is 32.4 Å². The molecular formula is C21H24N4O3. The van der Waals surface area contributed by atoms with Crippen LogP contribution >= 0.6 is 0 Å². The molecule has 0 aliphatic heterocycles. The van der Waals surface area contributed by atoms with Crippen LogP contribution in [0.1, 0.15) is 30.6 Å². The smallest absolute Gasteiger partial charge is 0.251 e. The molecule has 3 N–H and O–H groups in total. The molecule has 146 valence electrons. The summed E-state index contributed by atoms with van der Waals surface area (Å²) in [4.78, 5) is 32.9. The molecule has 0 aliphatic carbocycles. The number of aromatic nitrogens is 2. The van der Waals surface area contributed by atoms with Gasteiger partial charge >= 0.3 is 0 Å². The number of ether oxygens (including phenoxy) is 1. The number of aromatic amines is 1. The van der Waals surface area contributed by atoms with Gasteiger partial charge in [0.2, 0.25) is 11.9 Å². The number of nitrogens with one attached hydrogen (secondary N) is 3. The molecule has 0 bridgehead atoms. The molecule has 7 heteroatoms. The summed E-state index contributed by atoms with van der Waals surface area (Å²) in [7, 11) is 1.57. The first-order chi connectivity index (χ1) is 13.5. The second-order valence-corrected chi connectivity index (χ2v) is 6.66. The summed E-state index contributed by atoms with van der Waals surface area (Å²) < 4.78 is 5.11. The van der Waals surface area contributed by atoms with E-state index in [2.05, 4.69) is 20.6 Å². The van der Waals surface area contributed by atoms with E-state index in [0.717, 1.165) is 17.5 Å². The molecular weight excluding hydrogens is 356 g/mol. The maximum atomic E-state index is 12.9. The number of para-hydroxylation sites is 2. The number of imidazole rings is 1. The van der Waals surface area contributed by atoms with Gasteiger partial charge in [-0.05, 0) is 42.3 Å². The van der Waals surface area contributed by atoms with Crippen molar-refractivity contribution in [2.24, 2.45) is 5.92 Å². The zero-order valence-electron chi connectivity index (χ0n) is 16.2. The number of hydrogen-bond acceptors (Lipinski definition) is 4. The predicted molar refractivity (Wildman–Crippen MR) is 108 cm³/mol. The normalized spacial score (nSPS) is 13.0. The number of amides is 2. The minimum Gasteiger partial charge on any atom is -0.497 e. The summed E-state index contributed by atoms with van der Waals surface area (Å²) in [6.07, 6.45) is 0.737. The molecule has 2 amide bonds. The molecule has 0 aliphatic rings. The largest absolute Gasteiger partial charge is 0.497 e. The van der Waals surface area contributed by atoms with Crippen molar-refractivity contribution in [2.75, 3.05) is 12.4 Å². The molecule has 0 fully saturated rings. The highest BCUT2D eigenvalue weighted by molar-refractivity contribution is 6.01. The minimum atomic E-state index is -0.687. The Morgan fingerprint density at radius 1 is 1.14 bits per heavy atom. The van der Waals surface area contributed by atoms with Crippen LogP contribution in [-0.4, -0.2) is 34.9 Å². The van der Waals surface area contributed by atoms with Crippen LogP contribution in [0.25, 0.3) is 11.0 Å². The number of carbonyl (C=O) groups is 2. The highest BCUT2D eigenvalue weighted by Gasteiger charge is 2.27. The van der Waals surface area contributed by atoms with E-state index in [0.29, 0.717) is 17.3 Å². The zero-order valence-corrected chi connectivity index (χ0v) is 16.2. The van der Waals surface area contributed by atoms with E-state index in [-0.39, 0.29) is 17.7 Å². The average molecular weight is 380 g/mol. The summed E-state index contributed by atoms with van der Waals surface area (Å²) in [6, 6.07) is 13.6. The van der Waals surface area contributed by atoms with Crippen molar-refractivity contribution < 1.29 is 14.3 Å². The van der Waals surface area contributed by atoms with E-state index in [4.69, 9.17) is 4.74 Å². The lowest BCUT2D eigenvalue weighted by Crippen LogP contribution is -2.47. The third-order valence-electron chi connectivity index (χ3n) is 4.77. The summed E-state index contributed by atoms with van der Waals surface area (Å²) in [6.45, 7) is 3.91. The number of nitrogens with zero attached hydrogens (tertiary/aromatic N) is 1. The highest BCUT2D eigenvalue weighted by atomic mass is 16.5. The molecule has 0 saturated heterocycles. The summed E-state index contributed by atoms with van der Waals surface area (Å²) >= 11 is 0. The van der Waals surface area contributed by atoms with E-state index < -0.39 is 6.04 Å². The van der Waals surface area contributed by atoms with Gasteiger partial charge in [0, 0.05) is 5.56 Å². The number of methoxy groups -OCH3 is 1. The van der Waals surface area contributed by atoms with E-state index >= 15 is 0 Å². The number of H-pyrrole nitrogens is 1. The van der Waals surface area contributed by atoms with Crippen LogP contribution in [0.15, 0.2) is 48.5 Å². The summed E-state index contributed by atoms with van der Waals surface area (Å²) in [5.74, 6) is 0.352. The van der Waals surface area contributed by atoms with Crippen molar-refractivity contribution in [1.29, 1.82) is 0 Å². The topological polar surface area (TPSA) is 96.1 Å². The molecule has 28 heavy (non-hydrogen) atoms. The number of benzene rings is 2. The molecule has 0 saturated carbocycles. The van der Waals surface area contributed by atoms with Gasteiger partial charge in [-0.25, -0.2) is 4.98 Å². The fourth-order valence-corrected chi connectivity index (χ4v) is 2.88. The minimum absolute atomic E-state index is 0.0495. The lowest BCUT2D eigenvalue weighted by Gasteiger charge is -2.23. The molecule has 0 radical (unpaired) electrons. The molecule has 3 rings (SSSR count). The van der Waals surface area contributed by atoms with Crippen molar-refractivity contribution >= 4 is 28.8 Å². The van der Waals surface area contributed by atoms with Gasteiger partial charge in [-0.3, -0.25) is 14.9 Å². The van der Waals surface area contributed by atoms with Crippen LogP contribution in [0, 0.1) is 5.92 Å². The first kappa shape index (κ1) is 19.4. The average Bonchev–Trinajstić information content (AvgIpc) is 3.13. The van der Waals surface area contributed by atoms with Crippen molar-refractivity contribution in [3.8, 4) is 5.75 Å². The Hall–Kier alpha value is -3.35. The highest BCUT2D eigenvalue weighted by Crippen LogP contribution is 2.16. The standard InChI is InChI=1S/C21H24N4O3/c1-4-13(2)18(24-19(26)14-9-11-15(28-3)12-10-14)20(27)25-21-22-16-7-5-6-8-17(16)23-21/h5-13,18H,4H2,1-3H3,(H,24,26)(H2,22,23,25,27)/t13-,18-/m0/s1. The maximum absolute atomic E-state index is 12.9. The SMILES string of the molecule is CC[C@H](C)[C@H](NC(=O)c1ccc(OC)cc1)C(=O)Nc1nc2ccccc2[nH]1. The Labute approximate surface area is 163 Å². The van der Waals surface area contributed by atoms with Crippen molar-refractivity contribution in [3.63, 3.8) is 0 Å². The lowest BCUT2D eigenvalue weighted by molar-refractivity contribution is -0.119. The molecule has 2 aromatic carbocycles. The number of carbonyl (C=O) groups excluding carboxylic acids is 2. The molecule has 3 aromatic rings. The molecule has 1 aromatic heterocycles. The second-order valence-electron chi connectivity index (χ2n) is 6.66. The van der Waals surface area contributed by atoms with Gasteiger partial charge in [-0.15, -0.1) is 0 Å². The van der Waals surface area contributed by atoms with E-state index in [1.165, 1.54) is 0 Å². The van der Waals surface area contributed by atoms with Gasteiger partial charge in [0.1, 0.15) is 11.8 Å². The Morgan fingerprint density at radius 3 is 2.50 bits per heavy atom. The second kappa shape index (κ2) is 8.56. The van der Waals surface area contributed by atoms with Crippen molar-refractivity contribution in [1.82, 2.24) is 15.3 Å². The predicted octanol–water partition coefficient (Wildman–Crippen LogP) is 3.35. The zero-order chi connectivity index (χ0) is 20.1. The van der Waals surface area contributed by atoms with Gasteiger partial charge in [0.05, 0.1) is 18.1 Å². The third kappa shape index (κ3) is 4.31. The molecule has 0 unspecified atom stereocenters. The molecule has 7 nitrogen and oxygen atoms in total. The van der Waals surface area contributed by atoms with Crippen LogP contribution in [0.2, 0.25) is 0 Å². The van der Waals surface area contributed by atoms with Gasteiger partial charge in [0.25, 0.3) is 5.91 Å². The van der Waals surface area contributed by atoms with Gasteiger partial charge in [0.15, 0.2) is 0 Å². The van der Waals surface area contributed by atoms with Crippen LogP contribution < -0.4 is 15.4 Å². The lowest BCUT2D eigenvalue weighted by atomic mass is 9.98. The van der Waals surface area contributed by atoms with E-state index in [9.17, 15) is 9.59 Å². The Balaban J connectivity index is 1.74. The molecule has 0 spiro atoms. The maximum Gasteiger partial charge on any atom is 0.251 e. The third-order valence-corrected chi connectivity index (χ3v) is 4.77. The Bertz CT molecular complexity index is 932. The molecule has 1 heterocycles. The first-order valence-electron chi connectivity index (χ1n) is 9.22. The Kier molecular flexibility index (Phi) is 5.93. The monoisotopic (exact) mass is 380 g/mol. The van der Waals surface area contributed by atoms with E-state index in [1.54, 1.807) is 31.4 Å². The van der Waals surface area contributed by atoms with Gasteiger partial charge < -0.3 is 15.0 Å². The van der Waals surface area contributed by atoms with Crippen LogP contribution in [0.5, 0.6) is 5.75 Å². The number of anilines is 1. The van der Waals surface area contributed by atoms with E-state index in [1.807, 2.05) is 38.1 Å². The van der Waals surface area contributed by atoms with Crippen molar-refractivity contribution in [3.05, 3.63) is 54.1 Å². The quantitative estimate of drug-likeness (QED) is 0.586. The Morgan fingerprint density at radius 2 is 1.86 bits per heavy atom. The van der Waals surface area contributed by atoms with Crippen LogP contribution in [0.4, 0.5) is 5.95 Å². The first-order valence-corrected chi connectivity index (χ1v) is 9.22. The van der Waals surface area contributed by atoms with Gasteiger partial charge in [-0.2, -0.15) is 0 Å². The fraction of sp³-hybridized carbons (Fsp3) is 0.286. The van der Waals surface area contributed by atoms with Crippen molar-refractivity contribution in [2.45, 2.75) is 26.3 Å². The van der Waals surface area contributed by atoms with Crippen LogP contribution in [0.3, 0.4) is 0 Å². The number of fused-ring (bicyclic) bond motifs is 1. The summed E-state index contributed by atoms with van der Waals surface area (Å²) in [5, 5.41) is 5.62. The molecule has 2 atom stereocenters. The number of hydrogen-bond donors (Lipinski definition) is 3. The number of rotatable bonds is 7.